The van der Waals surface area contributed by atoms with Gasteiger partial charge in [-0.15, -0.1) is 0 Å². The summed E-state index contributed by atoms with van der Waals surface area (Å²) in [5.74, 6) is -1.17. The molecule has 0 N–H and O–H groups in total. The molecule has 29 heavy (non-hydrogen) atoms. The second kappa shape index (κ2) is 11.4. The summed E-state index contributed by atoms with van der Waals surface area (Å²) in [4.78, 5) is 41.9. The number of carbonyl (C=O) groups is 3. The first-order valence-corrected chi connectivity index (χ1v) is 9.86. The van der Waals surface area contributed by atoms with Crippen molar-refractivity contribution in [3.63, 3.8) is 0 Å². The molecule has 0 aromatic carbocycles. The fraction of sp³-hybridized carbons (Fsp3) is 0.619. The molecule has 8 heteroatoms. The molecule has 0 aliphatic heterocycles. The fourth-order valence-electron chi connectivity index (χ4n) is 2.37. The Morgan fingerprint density at radius 1 is 1.03 bits per heavy atom. The molecule has 162 valence electrons. The number of carbonyl (C=O) groups excluding carboxylic acids is 3. The summed E-state index contributed by atoms with van der Waals surface area (Å²) in [5, 5.41) is 0. The lowest BCUT2D eigenvalue weighted by atomic mass is 10.1. The van der Waals surface area contributed by atoms with E-state index in [9.17, 15) is 14.4 Å². The van der Waals surface area contributed by atoms with Crippen molar-refractivity contribution in [1.82, 2.24) is 9.88 Å². The second-order valence-electron chi connectivity index (χ2n) is 7.61. The van der Waals surface area contributed by atoms with E-state index < -0.39 is 23.6 Å². The Bertz CT molecular complexity index is 712. The van der Waals surface area contributed by atoms with E-state index in [1.165, 1.54) is 4.90 Å². The van der Waals surface area contributed by atoms with Gasteiger partial charge in [0.15, 0.2) is 0 Å². The average Bonchev–Trinajstić information content (AvgIpc) is 2.64. The first-order valence-electron chi connectivity index (χ1n) is 9.86. The van der Waals surface area contributed by atoms with E-state index in [0.29, 0.717) is 25.8 Å². The number of hydrogen-bond donors (Lipinski definition) is 0. The Labute approximate surface area is 172 Å². The predicted molar refractivity (Wildman–Crippen MR) is 108 cm³/mol. The smallest absolute Gasteiger partial charge is 0.410 e. The molecule has 0 fully saturated rings. The summed E-state index contributed by atoms with van der Waals surface area (Å²) < 4.78 is 15.4. The molecular formula is C21H32N2O6. The fourth-order valence-corrected chi connectivity index (χ4v) is 2.37. The first kappa shape index (κ1) is 24.4. The summed E-state index contributed by atoms with van der Waals surface area (Å²) in [6.45, 7) is 9.97. The molecule has 1 rings (SSSR count). The number of amides is 1. The van der Waals surface area contributed by atoms with Crippen molar-refractivity contribution in [3.05, 3.63) is 29.1 Å². The molecule has 0 aliphatic carbocycles. The highest BCUT2D eigenvalue weighted by Crippen LogP contribution is 2.13. The number of hydrogen-bond acceptors (Lipinski definition) is 7. The van der Waals surface area contributed by atoms with Crippen LogP contribution in [0.5, 0.6) is 0 Å². The minimum atomic E-state index is -0.593. The number of aromatic nitrogens is 1. The normalized spacial score (nSPS) is 11.0. The van der Waals surface area contributed by atoms with Gasteiger partial charge in [-0.2, -0.15) is 0 Å². The molecule has 0 bridgehead atoms. The molecular weight excluding hydrogens is 376 g/mol. The summed E-state index contributed by atoms with van der Waals surface area (Å²) in [7, 11) is 1.66. The van der Waals surface area contributed by atoms with Crippen LogP contribution in [0, 0.1) is 0 Å². The Hall–Kier alpha value is -2.64. The molecule has 1 heterocycles. The van der Waals surface area contributed by atoms with Crippen LogP contribution in [0.1, 0.15) is 74.0 Å². The molecule has 0 spiro atoms. The molecule has 8 nitrogen and oxygen atoms in total. The van der Waals surface area contributed by atoms with E-state index in [0.717, 1.165) is 5.56 Å². The standard InChI is InChI=1S/C21H32N2O6/c1-7-12-28-19(25)17-14-15(13-16(22-17)18(24)27-8-2)10-9-11-23(6)20(26)29-21(3,4)5/h13-14H,7-12H2,1-6H3. The van der Waals surface area contributed by atoms with Crippen molar-refractivity contribution in [2.75, 3.05) is 26.8 Å². The van der Waals surface area contributed by atoms with Crippen LogP contribution in [0.15, 0.2) is 12.1 Å². The number of pyridine rings is 1. The minimum Gasteiger partial charge on any atom is -0.461 e. The minimum absolute atomic E-state index is 0.0632. The van der Waals surface area contributed by atoms with Crippen LogP contribution in [0.4, 0.5) is 4.79 Å². The lowest BCUT2D eigenvalue weighted by molar-refractivity contribution is 0.0296. The number of aryl methyl sites for hydroxylation is 1. The van der Waals surface area contributed by atoms with Crippen LogP contribution in [-0.4, -0.2) is 60.3 Å². The third-order valence-corrected chi connectivity index (χ3v) is 3.68. The van der Waals surface area contributed by atoms with Gasteiger partial charge in [-0.1, -0.05) is 6.92 Å². The molecule has 0 saturated carbocycles. The molecule has 1 amide bonds. The van der Waals surface area contributed by atoms with Gasteiger partial charge in [0, 0.05) is 13.6 Å². The van der Waals surface area contributed by atoms with Gasteiger partial charge < -0.3 is 19.1 Å². The van der Waals surface area contributed by atoms with Crippen molar-refractivity contribution >= 4 is 18.0 Å². The molecule has 0 atom stereocenters. The number of ether oxygens (including phenoxy) is 3. The Balaban J connectivity index is 2.85. The van der Waals surface area contributed by atoms with Gasteiger partial charge >= 0.3 is 18.0 Å². The zero-order valence-corrected chi connectivity index (χ0v) is 18.2. The topological polar surface area (TPSA) is 95.0 Å². The van der Waals surface area contributed by atoms with Crippen molar-refractivity contribution in [2.24, 2.45) is 0 Å². The van der Waals surface area contributed by atoms with Crippen LogP contribution in [-0.2, 0) is 20.6 Å². The first-order chi connectivity index (χ1) is 13.6. The third kappa shape index (κ3) is 8.93. The van der Waals surface area contributed by atoms with Gasteiger partial charge in [-0.25, -0.2) is 19.4 Å². The van der Waals surface area contributed by atoms with Gasteiger partial charge in [0.05, 0.1) is 13.2 Å². The second-order valence-corrected chi connectivity index (χ2v) is 7.61. The maximum atomic E-state index is 12.2. The lowest BCUT2D eigenvalue weighted by Crippen LogP contribution is -2.34. The SMILES string of the molecule is CCCOC(=O)c1cc(CCCN(C)C(=O)OC(C)(C)C)cc(C(=O)OCC)n1. The van der Waals surface area contributed by atoms with Crippen LogP contribution in [0.3, 0.4) is 0 Å². The highest BCUT2D eigenvalue weighted by atomic mass is 16.6. The number of nitrogens with zero attached hydrogens (tertiary/aromatic N) is 2. The van der Waals surface area contributed by atoms with E-state index in [1.807, 2.05) is 27.7 Å². The Kier molecular flexibility index (Phi) is 9.58. The van der Waals surface area contributed by atoms with Crippen molar-refractivity contribution < 1.29 is 28.6 Å². The van der Waals surface area contributed by atoms with E-state index in [4.69, 9.17) is 14.2 Å². The summed E-state index contributed by atoms with van der Waals surface area (Å²) in [5.41, 5.74) is 0.315. The molecule has 0 aliphatic rings. The van der Waals surface area contributed by atoms with E-state index in [-0.39, 0.29) is 24.6 Å². The van der Waals surface area contributed by atoms with Gasteiger partial charge in [0.25, 0.3) is 0 Å². The van der Waals surface area contributed by atoms with Crippen molar-refractivity contribution in [3.8, 4) is 0 Å². The van der Waals surface area contributed by atoms with Gasteiger partial charge in [0.1, 0.15) is 17.0 Å². The number of rotatable bonds is 9. The largest absolute Gasteiger partial charge is 0.461 e. The molecule has 0 unspecified atom stereocenters. The molecule has 1 aromatic rings. The zero-order chi connectivity index (χ0) is 22.0. The number of esters is 2. The van der Waals surface area contributed by atoms with Crippen LogP contribution < -0.4 is 0 Å². The Morgan fingerprint density at radius 2 is 1.62 bits per heavy atom. The third-order valence-electron chi connectivity index (χ3n) is 3.68. The van der Waals surface area contributed by atoms with Crippen molar-refractivity contribution in [1.29, 1.82) is 0 Å². The zero-order valence-electron chi connectivity index (χ0n) is 18.2. The van der Waals surface area contributed by atoms with Crippen molar-refractivity contribution in [2.45, 2.75) is 59.5 Å². The summed E-state index contributed by atoms with van der Waals surface area (Å²) >= 11 is 0. The van der Waals surface area contributed by atoms with Gasteiger partial charge in [-0.3, -0.25) is 0 Å². The maximum absolute atomic E-state index is 12.2. The molecule has 0 radical (unpaired) electrons. The average molecular weight is 408 g/mol. The Morgan fingerprint density at radius 3 is 2.14 bits per heavy atom. The quantitative estimate of drug-likeness (QED) is 0.455. The lowest BCUT2D eigenvalue weighted by Gasteiger charge is -2.24. The predicted octanol–water partition coefficient (Wildman–Crippen LogP) is 3.62. The van der Waals surface area contributed by atoms with Gasteiger partial charge in [0.2, 0.25) is 0 Å². The highest BCUT2D eigenvalue weighted by Gasteiger charge is 2.20. The monoisotopic (exact) mass is 408 g/mol. The van der Waals surface area contributed by atoms with Gasteiger partial charge in [-0.05, 0) is 64.7 Å². The van der Waals surface area contributed by atoms with Crippen LogP contribution >= 0.6 is 0 Å². The highest BCUT2D eigenvalue weighted by molar-refractivity contribution is 5.92. The summed E-state index contributed by atoms with van der Waals surface area (Å²) in [6, 6.07) is 3.20. The van der Waals surface area contributed by atoms with Crippen LogP contribution in [0.2, 0.25) is 0 Å². The molecule has 0 saturated heterocycles. The maximum Gasteiger partial charge on any atom is 0.410 e. The van der Waals surface area contributed by atoms with E-state index in [1.54, 1.807) is 26.1 Å². The van der Waals surface area contributed by atoms with Crippen LogP contribution in [0.25, 0.3) is 0 Å². The summed E-state index contributed by atoms with van der Waals surface area (Å²) in [6.07, 6.45) is 1.44. The van der Waals surface area contributed by atoms with E-state index >= 15 is 0 Å². The molecule has 1 aromatic heterocycles. The van der Waals surface area contributed by atoms with E-state index in [2.05, 4.69) is 4.98 Å².